The first kappa shape index (κ1) is 55.1. The molecule has 6 rings (SSSR count). The van der Waals surface area contributed by atoms with Crippen molar-refractivity contribution in [1.29, 1.82) is 0 Å². The van der Waals surface area contributed by atoms with Gasteiger partial charge in [0.25, 0.3) is 0 Å². The zero-order valence-electron chi connectivity index (χ0n) is 35.0. The number of ether oxygens (including phenoxy) is 11. The lowest BCUT2D eigenvalue weighted by Crippen LogP contribution is -2.68. The Balaban J connectivity index is 1.06. The van der Waals surface area contributed by atoms with Crippen LogP contribution in [0.1, 0.15) is 0 Å². The molecule has 30 atom stereocenters. The lowest BCUT2D eigenvalue weighted by Gasteiger charge is -2.49. The van der Waals surface area contributed by atoms with Gasteiger partial charge in [-0.1, -0.05) is 0 Å². The van der Waals surface area contributed by atoms with Gasteiger partial charge in [0.15, 0.2) is 37.7 Å². The van der Waals surface area contributed by atoms with Crippen LogP contribution in [0.15, 0.2) is 0 Å². The van der Waals surface area contributed by atoms with Crippen molar-refractivity contribution in [2.24, 2.45) is 0 Å². The molecule has 0 bridgehead atoms. The molecule has 0 aromatic heterocycles. The highest BCUT2D eigenvalue weighted by Gasteiger charge is 2.57. The summed E-state index contributed by atoms with van der Waals surface area (Å²) in [5, 5.41) is 209. The smallest absolute Gasteiger partial charge is 0.187 e. The number of aliphatic hydroxyl groups is 20. The zero-order chi connectivity index (χ0) is 49.3. The summed E-state index contributed by atoms with van der Waals surface area (Å²) in [6, 6.07) is 0. The molecule has 6 heterocycles. The summed E-state index contributed by atoms with van der Waals surface area (Å²) in [5.41, 5.74) is 0. The van der Waals surface area contributed by atoms with Crippen LogP contribution in [0.25, 0.3) is 0 Å². The molecule has 1 unspecified atom stereocenters. The van der Waals surface area contributed by atoms with Gasteiger partial charge in [0.1, 0.15) is 146 Å². The molecule has 0 radical (unpaired) electrons. The Bertz CT molecular complexity index is 1500. The van der Waals surface area contributed by atoms with Crippen LogP contribution in [-0.4, -0.2) is 326 Å². The summed E-state index contributed by atoms with van der Waals surface area (Å²) in [6.07, 6.45) is -56.2. The average Bonchev–Trinajstić information content (AvgIpc) is 3.32. The van der Waals surface area contributed by atoms with Crippen LogP contribution in [0.4, 0.5) is 0 Å². The summed E-state index contributed by atoms with van der Waals surface area (Å²) >= 11 is 0. The second-order valence-corrected chi connectivity index (χ2v) is 16.8. The molecule has 0 amide bonds. The van der Waals surface area contributed by atoms with Gasteiger partial charge in [-0.15, -0.1) is 0 Å². The van der Waals surface area contributed by atoms with Crippen molar-refractivity contribution < 1.29 is 154 Å². The molecule has 6 aliphatic heterocycles. The fourth-order valence-electron chi connectivity index (χ4n) is 8.42. The van der Waals surface area contributed by atoms with Gasteiger partial charge >= 0.3 is 0 Å². The highest BCUT2D eigenvalue weighted by Crippen LogP contribution is 2.36. The Morgan fingerprint density at radius 1 is 0.254 bits per heavy atom. The molecule has 0 saturated carbocycles. The maximum absolute atomic E-state index is 11.2. The number of hydrogen-bond donors (Lipinski definition) is 20. The zero-order valence-corrected chi connectivity index (χ0v) is 35.0. The lowest BCUT2D eigenvalue weighted by molar-refractivity contribution is -0.393. The first-order valence-electron chi connectivity index (χ1n) is 21.1. The van der Waals surface area contributed by atoms with E-state index < -0.39 is 224 Å². The van der Waals surface area contributed by atoms with Crippen LogP contribution in [-0.2, 0) is 52.1 Å². The van der Waals surface area contributed by atoms with Gasteiger partial charge in [0, 0.05) is 0 Å². The molecule has 31 nitrogen and oxygen atoms in total. The summed E-state index contributed by atoms with van der Waals surface area (Å²) in [5.74, 6) is 0. The van der Waals surface area contributed by atoms with Crippen molar-refractivity contribution in [3.05, 3.63) is 0 Å². The lowest BCUT2D eigenvalue weighted by atomic mass is 9.95. The van der Waals surface area contributed by atoms with E-state index in [1.54, 1.807) is 0 Å². The molecule has 6 fully saturated rings. The molecular weight excluding hydrogens is 928 g/mol. The van der Waals surface area contributed by atoms with Crippen LogP contribution >= 0.6 is 0 Å². The summed E-state index contributed by atoms with van der Waals surface area (Å²) < 4.78 is 60.3. The van der Waals surface area contributed by atoms with E-state index in [4.69, 9.17) is 52.1 Å². The highest BCUT2D eigenvalue weighted by atomic mass is 16.8. The maximum Gasteiger partial charge on any atom is 0.187 e. The summed E-state index contributed by atoms with van der Waals surface area (Å²) in [6.45, 7) is -5.42. The second-order valence-electron chi connectivity index (χ2n) is 16.8. The van der Waals surface area contributed by atoms with Gasteiger partial charge < -0.3 is 154 Å². The average molecular weight is 991 g/mol. The Labute approximate surface area is 378 Å². The molecule has 6 aliphatic rings. The van der Waals surface area contributed by atoms with Gasteiger partial charge in [-0.2, -0.15) is 0 Å². The van der Waals surface area contributed by atoms with Crippen molar-refractivity contribution in [2.75, 3.05) is 39.6 Å². The fourth-order valence-corrected chi connectivity index (χ4v) is 8.42. The van der Waals surface area contributed by atoms with Crippen LogP contribution < -0.4 is 0 Å². The Morgan fingerprint density at radius 2 is 0.522 bits per heavy atom. The molecule has 0 spiro atoms. The quantitative estimate of drug-likeness (QED) is 0.0683. The van der Waals surface area contributed by atoms with Crippen molar-refractivity contribution in [3.63, 3.8) is 0 Å². The minimum Gasteiger partial charge on any atom is -0.394 e. The van der Waals surface area contributed by atoms with E-state index in [1.807, 2.05) is 0 Å². The van der Waals surface area contributed by atoms with Crippen molar-refractivity contribution >= 4 is 0 Å². The predicted octanol–water partition coefficient (Wildman–Crippen LogP) is -14.1. The minimum atomic E-state index is -2.18. The van der Waals surface area contributed by atoms with E-state index in [-0.39, 0.29) is 0 Å². The van der Waals surface area contributed by atoms with Crippen molar-refractivity contribution in [1.82, 2.24) is 0 Å². The van der Waals surface area contributed by atoms with E-state index in [0.717, 1.165) is 0 Å². The third-order valence-corrected chi connectivity index (χ3v) is 12.4. The van der Waals surface area contributed by atoms with E-state index in [9.17, 15) is 102 Å². The van der Waals surface area contributed by atoms with E-state index >= 15 is 0 Å². The van der Waals surface area contributed by atoms with Crippen LogP contribution in [0.3, 0.4) is 0 Å². The topological polar surface area (TPSA) is 506 Å². The SMILES string of the molecule is OC[C@H]1O[C@@H](OC[C@H]2O[C@H](O[C@H]3[C@H](O)[C@@H](O)[C@@H](O[C@H]4[C@H](O)[C@@H](O)[C@@H](O[C@H]5[C@H](O)[C@@H](O)[C@@H](O[C@H]6[C@H](O)[C@@H](O)C(O)O[C@@H]6CO)O[C@@H]5CO)O[C@@H]4CO)O[C@@H]3CO)[C@H](O)[C@@H](O)[C@@H]2O)[C@H](O)[C@@H](O)[C@H]1O. The summed E-state index contributed by atoms with van der Waals surface area (Å²) in [7, 11) is 0. The van der Waals surface area contributed by atoms with Gasteiger partial charge in [0.05, 0.1) is 39.6 Å². The molecule has 31 heteroatoms. The standard InChI is InChI=1S/C36H62O31/c37-1-7-13(42)15(44)22(51)32(59-7)57-6-12-14(43)16(45)23(52)33(63-12)65-28-9(3-39)61-35(25(54)18(28)47)67-30-11(5-41)62-36(26(55)20(30)49)66-29-10(4-40)60-34(24(53)19(29)48)64-27-8(2-38)58-31(56)21(50)17(27)46/h7-56H,1-6H2/t7-,8-,9-,10-,11-,12-,13+,14-,15+,16+,17-,18-,19-,20-,21-,22-,23-,24-,25-,26-,27-,28-,29-,30-,31?,32-,33-,34-,35-,36-/m1/s1. The molecule has 67 heavy (non-hydrogen) atoms. The molecule has 0 aliphatic carbocycles. The number of hydrogen-bond acceptors (Lipinski definition) is 31. The van der Waals surface area contributed by atoms with Crippen LogP contribution in [0.2, 0.25) is 0 Å². The molecular formula is C36H62O31. The normalized spacial score (nSPS) is 53.4. The van der Waals surface area contributed by atoms with E-state index in [0.29, 0.717) is 0 Å². The van der Waals surface area contributed by atoms with Gasteiger partial charge in [-0.05, 0) is 0 Å². The fraction of sp³-hybridized carbons (Fsp3) is 1.00. The third-order valence-electron chi connectivity index (χ3n) is 12.4. The molecule has 0 aromatic carbocycles. The largest absolute Gasteiger partial charge is 0.394 e. The van der Waals surface area contributed by atoms with Crippen molar-refractivity contribution in [2.45, 2.75) is 184 Å². The maximum atomic E-state index is 11.2. The molecule has 20 N–H and O–H groups in total. The Morgan fingerprint density at radius 3 is 0.881 bits per heavy atom. The third kappa shape index (κ3) is 11.4. The van der Waals surface area contributed by atoms with E-state index in [1.165, 1.54) is 0 Å². The Hall–Kier alpha value is -1.24. The van der Waals surface area contributed by atoms with Crippen molar-refractivity contribution in [3.8, 4) is 0 Å². The van der Waals surface area contributed by atoms with Gasteiger partial charge in [-0.25, -0.2) is 0 Å². The number of rotatable bonds is 16. The highest BCUT2D eigenvalue weighted by molar-refractivity contribution is 4.99. The molecule has 392 valence electrons. The summed E-state index contributed by atoms with van der Waals surface area (Å²) in [4.78, 5) is 0. The predicted molar refractivity (Wildman–Crippen MR) is 199 cm³/mol. The first-order chi connectivity index (χ1) is 31.7. The number of aliphatic hydroxyl groups excluding tert-OH is 20. The van der Waals surface area contributed by atoms with Gasteiger partial charge in [0.2, 0.25) is 0 Å². The monoisotopic (exact) mass is 990 g/mol. The molecule has 0 aromatic rings. The minimum absolute atomic E-state index is 0.753. The second kappa shape index (κ2) is 23.5. The molecule has 6 saturated heterocycles. The first-order valence-corrected chi connectivity index (χ1v) is 21.1. The van der Waals surface area contributed by atoms with Crippen LogP contribution in [0, 0.1) is 0 Å². The van der Waals surface area contributed by atoms with Crippen LogP contribution in [0.5, 0.6) is 0 Å². The van der Waals surface area contributed by atoms with Gasteiger partial charge in [-0.3, -0.25) is 0 Å². The Kier molecular flexibility index (Phi) is 19.4. The van der Waals surface area contributed by atoms with E-state index in [2.05, 4.69) is 0 Å².